The monoisotopic (exact) mass is 449 g/mol. The Morgan fingerprint density at radius 2 is 1.82 bits per heavy atom. The lowest BCUT2D eigenvalue weighted by Crippen LogP contribution is -2.36. The van der Waals surface area contributed by atoms with Crippen LogP contribution in [-0.4, -0.2) is 55.3 Å². The standard InChI is InChI=1S/C26H35N5O2/c1-19-8-10-31(11-9-19)26-28-18-22-16-21(4-7-24(22)29-26)25(32)27-17-20-2-5-23(6-3-20)30-12-14-33-15-13-30/h2-3,5-6,18-19,21H,4,7-17H2,1H3,(H,27,32). The van der Waals surface area contributed by atoms with Gasteiger partial charge in [0.1, 0.15) is 0 Å². The molecule has 0 spiro atoms. The minimum absolute atomic E-state index is 0.00425. The molecule has 1 amide bonds. The number of nitrogens with one attached hydrogen (secondary N) is 1. The van der Waals surface area contributed by atoms with Gasteiger partial charge in [-0.15, -0.1) is 0 Å². The van der Waals surface area contributed by atoms with Crippen molar-refractivity contribution in [1.29, 1.82) is 0 Å². The fourth-order valence-corrected chi connectivity index (χ4v) is 5.06. The van der Waals surface area contributed by atoms with Crippen LogP contribution in [0.4, 0.5) is 11.6 Å². The molecule has 1 atom stereocenters. The smallest absolute Gasteiger partial charge is 0.225 e. The molecule has 2 fully saturated rings. The third-order valence-electron chi connectivity index (χ3n) is 7.35. The summed E-state index contributed by atoms with van der Waals surface area (Å²) in [5.74, 6) is 1.78. The second-order valence-electron chi connectivity index (χ2n) is 9.73. The molecule has 7 heteroatoms. The average molecular weight is 450 g/mol. The zero-order chi connectivity index (χ0) is 22.6. The summed E-state index contributed by atoms with van der Waals surface area (Å²) in [6.45, 7) is 8.39. The number of hydrogen-bond donors (Lipinski definition) is 1. The summed E-state index contributed by atoms with van der Waals surface area (Å²) < 4.78 is 5.43. The fourth-order valence-electron chi connectivity index (χ4n) is 5.06. The molecule has 1 aromatic heterocycles. The number of morpholine rings is 1. The highest BCUT2D eigenvalue weighted by Gasteiger charge is 2.27. The predicted molar refractivity (Wildman–Crippen MR) is 129 cm³/mol. The first-order valence-corrected chi connectivity index (χ1v) is 12.4. The molecule has 5 rings (SSSR count). The van der Waals surface area contributed by atoms with Crippen molar-refractivity contribution in [2.45, 2.75) is 45.6 Å². The number of hydrogen-bond acceptors (Lipinski definition) is 6. The highest BCUT2D eigenvalue weighted by molar-refractivity contribution is 5.79. The molecule has 0 saturated carbocycles. The van der Waals surface area contributed by atoms with E-state index < -0.39 is 0 Å². The molecule has 3 heterocycles. The lowest BCUT2D eigenvalue weighted by molar-refractivity contribution is -0.125. The van der Waals surface area contributed by atoms with Gasteiger partial charge in [0.05, 0.1) is 13.2 Å². The van der Waals surface area contributed by atoms with E-state index in [-0.39, 0.29) is 11.8 Å². The van der Waals surface area contributed by atoms with Gasteiger partial charge in [-0.05, 0) is 61.3 Å². The molecule has 1 N–H and O–H groups in total. The maximum absolute atomic E-state index is 12.9. The SMILES string of the molecule is CC1CCN(c2ncc3c(n2)CCC(C(=O)NCc2ccc(N4CCOCC4)cc2)C3)CC1. The third-order valence-corrected chi connectivity index (χ3v) is 7.35. The van der Waals surface area contributed by atoms with Crippen molar-refractivity contribution in [2.24, 2.45) is 11.8 Å². The van der Waals surface area contributed by atoms with E-state index in [0.717, 1.165) is 87.3 Å². The van der Waals surface area contributed by atoms with Crippen LogP contribution >= 0.6 is 0 Å². The first-order chi connectivity index (χ1) is 16.2. The zero-order valence-corrected chi connectivity index (χ0v) is 19.6. The maximum atomic E-state index is 12.9. The number of ether oxygens (including phenoxy) is 1. The van der Waals surface area contributed by atoms with Crippen LogP contribution in [0.15, 0.2) is 30.5 Å². The minimum Gasteiger partial charge on any atom is -0.378 e. The summed E-state index contributed by atoms with van der Waals surface area (Å²) in [4.78, 5) is 27.0. The molecule has 1 aromatic carbocycles. The van der Waals surface area contributed by atoms with E-state index in [1.807, 2.05) is 6.20 Å². The molecule has 0 radical (unpaired) electrons. The van der Waals surface area contributed by atoms with Crippen LogP contribution < -0.4 is 15.1 Å². The normalized spacial score (nSPS) is 21.5. The molecule has 2 aliphatic heterocycles. The number of aromatic nitrogens is 2. The second-order valence-corrected chi connectivity index (χ2v) is 9.73. The molecule has 33 heavy (non-hydrogen) atoms. The van der Waals surface area contributed by atoms with Gasteiger partial charge in [0.15, 0.2) is 0 Å². The molecular weight excluding hydrogens is 414 g/mol. The van der Waals surface area contributed by atoms with Crippen molar-refractivity contribution < 1.29 is 9.53 Å². The Morgan fingerprint density at radius 1 is 1.06 bits per heavy atom. The van der Waals surface area contributed by atoms with Gasteiger partial charge in [-0.2, -0.15) is 0 Å². The molecule has 3 aliphatic rings. The molecular formula is C26H35N5O2. The molecule has 1 aliphatic carbocycles. The number of amides is 1. The summed E-state index contributed by atoms with van der Waals surface area (Å²) in [7, 11) is 0. The highest BCUT2D eigenvalue weighted by atomic mass is 16.5. The van der Waals surface area contributed by atoms with Crippen LogP contribution in [0.3, 0.4) is 0 Å². The predicted octanol–water partition coefficient (Wildman–Crippen LogP) is 2.97. The topological polar surface area (TPSA) is 70.6 Å². The van der Waals surface area contributed by atoms with E-state index in [1.54, 1.807) is 0 Å². The maximum Gasteiger partial charge on any atom is 0.225 e. The molecule has 2 saturated heterocycles. The van der Waals surface area contributed by atoms with Crippen molar-refractivity contribution in [2.75, 3.05) is 49.2 Å². The quantitative estimate of drug-likeness (QED) is 0.757. The summed E-state index contributed by atoms with van der Waals surface area (Å²) in [6.07, 6.45) is 6.80. The summed E-state index contributed by atoms with van der Waals surface area (Å²) in [5.41, 5.74) is 4.60. The number of aryl methyl sites for hydroxylation is 1. The van der Waals surface area contributed by atoms with E-state index in [2.05, 4.69) is 51.3 Å². The van der Waals surface area contributed by atoms with E-state index in [1.165, 1.54) is 18.5 Å². The summed E-state index contributed by atoms with van der Waals surface area (Å²) in [5, 5.41) is 3.14. The van der Waals surface area contributed by atoms with Crippen LogP contribution in [0.1, 0.15) is 43.0 Å². The number of piperidine rings is 1. The summed E-state index contributed by atoms with van der Waals surface area (Å²) >= 11 is 0. The van der Waals surface area contributed by atoms with Gasteiger partial charge in [0.2, 0.25) is 11.9 Å². The van der Waals surface area contributed by atoms with Gasteiger partial charge >= 0.3 is 0 Å². The van der Waals surface area contributed by atoms with Crippen molar-refractivity contribution in [1.82, 2.24) is 15.3 Å². The van der Waals surface area contributed by atoms with Crippen molar-refractivity contribution in [3.05, 3.63) is 47.3 Å². The molecule has 1 unspecified atom stereocenters. The van der Waals surface area contributed by atoms with Gasteiger partial charge in [-0.1, -0.05) is 19.1 Å². The van der Waals surface area contributed by atoms with Crippen LogP contribution in [-0.2, 0) is 28.9 Å². The van der Waals surface area contributed by atoms with Crippen molar-refractivity contribution >= 4 is 17.5 Å². The Bertz CT molecular complexity index is 950. The van der Waals surface area contributed by atoms with Crippen molar-refractivity contribution in [3.8, 4) is 0 Å². The van der Waals surface area contributed by atoms with Gasteiger partial charge in [-0.25, -0.2) is 9.97 Å². The van der Waals surface area contributed by atoms with E-state index in [0.29, 0.717) is 6.54 Å². The molecule has 7 nitrogen and oxygen atoms in total. The number of benzene rings is 1. The second kappa shape index (κ2) is 10.1. The van der Waals surface area contributed by atoms with E-state index in [9.17, 15) is 4.79 Å². The van der Waals surface area contributed by atoms with E-state index in [4.69, 9.17) is 9.72 Å². The zero-order valence-electron chi connectivity index (χ0n) is 19.6. The minimum atomic E-state index is -0.00425. The molecule has 176 valence electrons. The number of carbonyl (C=O) groups is 1. The number of carbonyl (C=O) groups excluding carboxylic acids is 1. The Labute approximate surface area is 196 Å². The Balaban J connectivity index is 1.13. The number of nitrogens with zero attached hydrogens (tertiary/aromatic N) is 4. The Morgan fingerprint density at radius 3 is 2.58 bits per heavy atom. The Kier molecular flexibility index (Phi) is 6.76. The molecule has 2 aromatic rings. The molecule has 0 bridgehead atoms. The van der Waals surface area contributed by atoms with Gasteiger partial charge in [0, 0.05) is 56.2 Å². The van der Waals surface area contributed by atoms with Crippen LogP contribution in [0.25, 0.3) is 0 Å². The summed E-state index contributed by atoms with van der Waals surface area (Å²) in [6, 6.07) is 8.50. The fraction of sp³-hybridized carbons (Fsp3) is 0.577. The third kappa shape index (κ3) is 5.29. The van der Waals surface area contributed by atoms with Gasteiger partial charge < -0.3 is 19.9 Å². The largest absolute Gasteiger partial charge is 0.378 e. The number of fused-ring (bicyclic) bond motifs is 1. The first-order valence-electron chi connectivity index (χ1n) is 12.4. The van der Waals surface area contributed by atoms with Gasteiger partial charge in [-0.3, -0.25) is 4.79 Å². The van der Waals surface area contributed by atoms with Gasteiger partial charge in [0.25, 0.3) is 0 Å². The average Bonchev–Trinajstić information content (AvgIpc) is 2.88. The Hall–Kier alpha value is -2.67. The van der Waals surface area contributed by atoms with Crippen LogP contribution in [0.5, 0.6) is 0 Å². The van der Waals surface area contributed by atoms with Crippen LogP contribution in [0.2, 0.25) is 0 Å². The number of rotatable bonds is 5. The van der Waals surface area contributed by atoms with Crippen LogP contribution in [0, 0.1) is 11.8 Å². The van der Waals surface area contributed by atoms with E-state index >= 15 is 0 Å². The lowest BCUT2D eigenvalue weighted by Gasteiger charge is -2.31. The lowest BCUT2D eigenvalue weighted by atomic mass is 9.86. The number of anilines is 2. The van der Waals surface area contributed by atoms with Crippen molar-refractivity contribution in [3.63, 3.8) is 0 Å². The highest BCUT2D eigenvalue weighted by Crippen LogP contribution is 2.27. The first kappa shape index (κ1) is 22.1.